The zero-order chi connectivity index (χ0) is 13.9. The van der Waals surface area contributed by atoms with Crippen LogP contribution in [-0.4, -0.2) is 48.8 Å². The lowest BCUT2D eigenvalue weighted by molar-refractivity contribution is -0.0343. The Morgan fingerprint density at radius 3 is 2.58 bits per heavy atom. The number of nitrogens with one attached hydrogen (secondary N) is 1. The number of nitrogens with zero attached hydrogens (tertiary/aromatic N) is 1. The molecule has 0 radical (unpaired) electrons. The quantitative estimate of drug-likeness (QED) is 0.829. The maximum absolute atomic E-state index is 6.16. The van der Waals surface area contributed by atoms with Gasteiger partial charge >= 0.3 is 0 Å². The minimum absolute atomic E-state index is 0.0969. The van der Waals surface area contributed by atoms with Gasteiger partial charge in [0.05, 0.1) is 11.7 Å². The molecule has 0 aromatic carbocycles. The van der Waals surface area contributed by atoms with Crippen molar-refractivity contribution in [2.24, 2.45) is 5.92 Å². The molecule has 2 unspecified atom stereocenters. The molecule has 0 aliphatic carbocycles. The van der Waals surface area contributed by atoms with Crippen molar-refractivity contribution in [2.75, 3.05) is 26.2 Å². The molecule has 0 aromatic rings. The molecule has 1 N–H and O–H groups in total. The SMILES string of the molecule is CC(C)N(CC1CCCNC1)CC1CCC(C)(C)O1. The van der Waals surface area contributed by atoms with Gasteiger partial charge < -0.3 is 10.1 Å². The van der Waals surface area contributed by atoms with Gasteiger partial charge in [-0.05, 0) is 72.4 Å². The zero-order valence-electron chi connectivity index (χ0n) is 13.2. The molecule has 2 atom stereocenters. The lowest BCUT2D eigenvalue weighted by Crippen LogP contribution is -2.44. The average Bonchev–Trinajstić information content (AvgIpc) is 2.69. The summed E-state index contributed by atoms with van der Waals surface area (Å²) in [6, 6.07) is 0.620. The molecule has 0 spiro atoms. The molecule has 0 saturated carbocycles. The van der Waals surface area contributed by atoms with Gasteiger partial charge in [0.25, 0.3) is 0 Å². The fourth-order valence-electron chi connectivity index (χ4n) is 3.38. The summed E-state index contributed by atoms with van der Waals surface area (Å²) < 4.78 is 6.16. The third-order valence-electron chi connectivity index (χ3n) is 4.61. The second-order valence-corrected chi connectivity index (χ2v) is 7.30. The fraction of sp³-hybridized carbons (Fsp3) is 1.00. The van der Waals surface area contributed by atoms with Crippen molar-refractivity contribution in [3.8, 4) is 0 Å². The second kappa shape index (κ2) is 6.55. The van der Waals surface area contributed by atoms with Crippen molar-refractivity contribution in [1.29, 1.82) is 0 Å². The Kier molecular flexibility index (Phi) is 5.27. The summed E-state index contributed by atoms with van der Waals surface area (Å²) in [5.74, 6) is 0.825. The van der Waals surface area contributed by atoms with Gasteiger partial charge in [0, 0.05) is 19.1 Å². The van der Waals surface area contributed by atoms with Crippen molar-refractivity contribution in [3.63, 3.8) is 0 Å². The summed E-state index contributed by atoms with van der Waals surface area (Å²) in [7, 11) is 0. The highest BCUT2D eigenvalue weighted by Crippen LogP contribution is 2.30. The Bertz CT molecular complexity index is 272. The van der Waals surface area contributed by atoms with Crippen LogP contribution in [0.4, 0.5) is 0 Å². The van der Waals surface area contributed by atoms with E-state index in [4.69, 9.17) is 4.74 Å². The monoisotopic (exact) mass is 268 g/mol. The lowest BCUT2D eigenvalue weighted by Gasteiger charge is -2.34. The van der Waals surface area contributed by atoms with Gasteiger partial charge in [0.15, 0.2) is 0 Å². The Morgan fingerprint density at radius 1 is 1.26 bits per heavy atom. The summed E-state index contributed by atoms with van der Waals surface area (Å²) in [5, 5.41) is 3.53. The van der Waals surface area contributed by atoms with E-state index in [1.807, 2.05) is 0 Å². The summed E-state index contributed by atoms with van der Waals surface area (Å²) >= 11 is 0. The first-order valence-electron chi connectivity index (χ1n) is 8.09. The first kappa shape index (κ1) is 15.3. The first-order valence-corrected chi connectivity index (χ1v) is 8.09. The molecule has 0 aromatic heterocycles. The number of rotatable bonds is 5. The fourth-order valence-corrected chi connectivity index (χ4v) is 3.38. The Labute approximate surface area is 119 Å². The number of hydrogen-bond acceptors (Lipinski definition) is 3. The van der Waals surface area contributed by atoms with Gasteiger partial charge in [-0.3, -0.25) is 4.90 Å². The molecule has 3 nitrogen and oxygen atoms in total. The van der Waals surface area contributed by atoms with Crippen LogP contribution in [0.1, 0.15) is 53.4 Å². The maximum atomic E-state index is 6.16. The number of ether oxygens (including phenoxy) is 1. The standard InChI is InChI=1S/C16H32N2O/c1-13(2)18(11-14-6-5-9-17-10-14)12-15-7-8-16(3,4)19-15/h13-15,17H,5-12H2,1-4H3. The minimum Gasteiger partial charge on any atom is -0.371 e. The predicted molar refractivity (Wildman–Crippen MR) is 80.5 cm³/mol. The van der Waals surface area contributed by atoms with Gasteiger partial charge in [-0.15, -0.1) is 0 Å². The molecule has 2 heterocycles. The molecule has 19 heavy (non-hydrogen) atoms. The highest BCUT2D eigenvalue weighted by Gasteiger charge is 2.33. The largest absolute Gasteiger partial charge is 0.371 e. The predicted octanol–water partition coefficient (Wildman–Crippen LogP) is 2.65. The van der Waals surface area contributed by atoms with Gasteiger partial charge in [0.2, 0.25) is 0 Å². The Balaban J connectivity index is 1.82. The van der Waals surface area contributed by atoms with Gasteiger partial charge in [-0.1, -0.05) is 0 Å². The number of hydrogen-bond donors (Lipinski definition) is 1. The van der Waals surface area contributed by atoms with E-state index in [0.29, 0.717) is 12.1 Å². The van der Waals surface area contributed by atoms with E-state index in [1.165, 1.54) is 45.3 Å². The van der Waals surface area contributed by atoms with E-state index >= 15 is 0 Å². The highest BCUT2D eigenvalue weighted by molar-refractivity contribution is 4.84. The van der Waals surface area contributed by atoms with Gasteiger partial charge in [-0.25, -0.2) is 0 Å². The zero-order valence-corrected chi connectivity index (χ0v) is 13.2. The van der Waals surface area contributed by atoms with E-state index < -0.39 is 0 Å². The minimum atomic E-state index is 0.0969. The molecular formula is C16H32N2O. The smallest absolute Gasteiger partial charge is 0.0710 e. The Morgan fingerprint density at radius 2 is 2.05 bits per heavy atom. The van der Waals surface area contributed by atoms with Crippen LogP contribution >= 0.6 is 0 Å². The summed E-state index contributed by atoms with van der Waals surface area (Å²) in [4.78, 5) is 2.63. The third-order valence-corrected chi connectivity index (χ3v) is 4.61. The molecule has 0 bridgehead atoms. The van der Waals surface area contributed by atoms with Crippen molar-refractivity contribution >= 4 is 0 Å². The molecule has 3 heteroatoms. The lowest BCUT2D eigenvalue weighted by atomic mass is 9.98. The van der Waals surface area contributed by atoms with Crippen LogP contribution in [0.15, 0.2) is 0 Å². The second-order valence-electron chi connectivity index (χ2n) is 7.30. The number of piperidine rings is 1. The van der Waals surface area contributed by atoms with Crippen LogP contribution in [0.5, 0.6) is 0 Å². The molecule has 2 fully saturated rings. The summed E-state index contributed by atoms with van der Waals surface area (Å²) in [5.41, 5.74) is 0.0969. The Hall–Kier alpha value is -0.120. The van der Waals surface area contributed by atoms with Crippen LogP contribution in [0.2, 0.25) is 0 Å². The van der Waals surface area contributed by atoms with Crippen molar-refractivity contribution in [2.45, 2.75) is 71.1 Å². The van der Waals surface area contributed by atoms with E-state index in [9.17, 15) is 0 Å². The molecule has 2 aliphatic heterocycles. The van der Waals surface area contributed by atoms with E-state index in [1.54, 1.807) is 0 Å². The van der Waals surface area contributed by atoms with Crippen LogP contribution in [-0.2, 0) is 4.74 Å². The van der Waals surface area contributed by atoms with Gasteiger partial charge in [0.1, 0.15) is 0 Å². The van der Waals surface area contributed by atoms with Gasteiger partial charge in [-0.2, -0.15) is 0 Å². The topological polar surface area (TPSA) is 24.5 Å². The molecular weight excluding hydrogens is 236 g/mol. The molecule has 0 amide bonds. The maximum Gasteiger partial charge on any atom is 0.0710 e. The van der Waals surface area contributed by atoms with Crippen LogP contribution in [0.25, 0.3) is 0 Å². The molecule has 2 rings (SSSR count). The van der Waals surface area contributed by atoms with Crippen LogP contribution < -0.4 is 5.32 Å². The molecule has 112 valence electrons. The van der Waals surface area contributed by atoms with Crippen LogP contribution in [0.3, 0.4) is 0 Å². The van der Waals surface area contributed by atoms with Crippen molar-refractivity contribution < 1.29 is 4.74 Å². The summed E-state index contributed by atoms with van der Waals surface area (Å²) in [6.07, 6.45) is 5.58. The van der Waals surface area contributed by atoms with E-state index in [2.05, 4.69) is 37.9 Å². The summed E-state index contributed by atoms with van der Waals surface area (Å²) in [6.45, 7) is 13.8. The third kappa shape index (κ3) is 4.73. The normalized spacial score (nSPS) is 31.3. The first-order chi connectivity index (χ1) is 8.96. The van der Waals surface area contributed by atoms with Crippen molar-refractivity contribution in [1.82, 2.24) is 10.2 Å². The van der Waals surface area contributed by atoms with E-state index in [0.717, 1.165) is 12.5 Å². The van der Waals surface area contributed by atoms with Crippen LogP contribution in [0, 0.1) is 5.92 Å². The molecule has 2 aliphatic rings. The average molecular weight is 268 g/mol. The highest BCUT2D eigenvalue weighted by atomic mass is 16.5. The van der Waals surface area contributed by atoms with Crippen molar-refractivity contribution in [3.05, 3.63) is 0 Å². The molecule has 2 saturated heterocycles. The van der Waals surface area contributed by atoms with E-state index in [-0.39, 0.29) is 5.60 Å².